The largest absolute Gasteiger partial charge is 0.481 e. The van der Waals surface area contributed by atoms with Crippen LogP contribution in [0, 0.1) is 11.8 Å². The Kier molecular flexibility index (Phi) is 9.55. The summed E-state index contributed by atoms with van der Waals surface area (Å²) >= 11 is 0. The summed E-state index contributed by atoms with van der Waals surface area (Å²) in [4.78, 5) is 35.3. The van der Waals surface area contributed by atoms with E-state index in [1.165, 1.54) is 0 Å². The molecule has 7 nitrogen and oxygen atoms in total. The number of Topliss-reactive ketones (excluding diaryl/α,β-unsaturated/α-hetero) is 1. The number of amides is 1. The van der Waals surface area contributed by atoms with E-state index in [1.54, 1.807) is 34.6 Å². The minimum atomic E-state index is -3.12. The molecule has 0 heterocycles. The van der Waals surface area contributed by atoms with Crippen molar-refractivity contribution in [3.05, 3.63) is 0 Å². The molecule has 0 radical (unpaired) electrons. The van der Waals surface area contributed by atoms with E-state index in [2.05, 4.69) is 10.1 Å². The van der Waals surface area contributed by atoms with Crippen LogP contribution in [-0.2, 0) is 19.1 Å². The third-order valence-electron chi connectivity index (χ3n) is 3.02. The van der Waals surface area contributed by atoms with E-state index in [4.69, 9.17) is 4.74 Å². The molecule has 0 spiro atoms. The van der Waals surface area contributed by atoms with Gasteiger partial charge in [-0.25, -0.2) is 4.79 Å². The number of hydrogen-bond acceptors (Lipinski definition) is 5. The number of hydrogen-bond donors (Lipinski definition) is 2. The summed E-state index contributed by atoms with van der Waals surface area (Å²) in [7, 11) is 0. The number of ether oxygens (including phenoxy) is 2. The summed E-state index contributed by atoms with van der Waals surface area (Å²) in [6.07, 6.45) is -1.13. The number of nitrogens with one attached hydrogen (secondary N) is 1. The molecule has 0 aromatic carbocycles. The fourth-order valence-corrected chi connectivity index (χ4v) is 2.06. The highest BCUT2D eigenvalue weighted by Gasteiger charge is 2.30. The van der Waals surface area contributed by atoms with Gasteiger partial charge in [-0.3, -0.25) is 9.59 Å². The Bertz CT molecular complexity index is 462. The first-order valence-corrected chi connectivity index (χ1v) is 7.96. The van der Waals surface area contributed by atoms with Gasteiger partial charge in [0.2, 0.25) is 0 Å². The Morgan fingerprint density at radius 2 is 1.72 bits per heavy atom. The normalized spacial score (nSPS) is 14.3. The van der Waals surface area contributed by atoms with E-state index < -0.39 is 55.0 Å². The van der Waals surface area contributed by atoms with E-state index in [0.717, 1.165) is 0 Å². The first-order valence-electron chi connectivity index (χ1n) is 7.96. The molecule has 9 heteroatoms. The van der Waals surface area contributed by atoms with Crippen LogP contribution >= 0.6 is 0 Å². The fraction of sp³-hybridized carbons (Fsp3) is 0.812. The lowest BCUT2D eigenvalue weighted by Crippen LogP contribution is -2.47. The number of alkyl halides is 2. The van der Waals surface area contributed by atoms with Gasteiger partial charge in [-0.1, -0.05) is 13.8 Å². The predicted molar refractivity (Wildman–Crippen MR) is 85.3 cm³/mol. The van der Waals surface area contributed by atoms with Gasteiger partial charge in [-0.15, -0.1) is 0 Å². The van der Waals surface area contributed by atoms with Crippen molar-refractivity contribution in [3.63, 3.8) is 0 Å². The second kappa shape index (κ2) is 10.3. The van der Waals surface area contributed by atoms with E-state index in [0.29, 0.717) is 0 Å². The second-order valence-electron chi connectivity index (χ2n) is 7.13. The van der Waals surface area contributed by atoms with Crippen LogP contribution in [0.5, 0.6) is 0 Å². The molecule has 0 aliphatic rings. The van der Waals surface area contributed by atoms with Crippen LogP contribution < -0.4 is 5.32 Å². The Morgan fingerprint density at radius 1 is 1.16 bits per heavy atom. The van der Waals surface area contributed by atoms with Crippen molar-refractivity contribution in [2.45, 2.75) is 65.7 Å². The van der Waals surface area contributed by atoms with E-state index in [-0.39, 0.29) is 12.3 Å². The van der Waals surface area contributed by atoms with Gasteiger partial charge in [0, 0.05) is 6.42 Å². The van der Waals surface area contributed by atoms with Crippen LogP contribution in [0.25, 0.3) is 0 Å². The molecule has 2 atom stereocenters. The quantitative estimate of drug-likeness (QED) is 0.616. The number of carbonyl (C=O) groups excluding carboxylic acids is 2. The number of alkyl carbamates (subject to hydrolysis) is 1. The van der Waals surface area contributed by atoms with Gasteiger partial charge in [0.1, 0.15) is 11.6 Å². The minimum absolute atomic E-state index is 0.0310. The van der Waals surface area contributed by atoms with E-state index in [9.17, 15) is 28.3 Å². The third kappa shape index (κ3) is 11.4. The molecular formula is C16H27F2NO6. The van der Waals surface area contributed by atoms with Crippen LogP contribution in [0.3, 0.4) is 0 Å². The van der Waals surface area contributed by atoms with E-state index >= 15 is 0 Å². The zero-order chi connectivity index (χ0) is 19.8. The fourth-order valence-electron chi connectivity index (χ4n) is 2.06. The van der Waals surface area contributed by atoms with Crippen molar-refractivity contribution in [2.24, 2.45) is 11.8 Å². The minimum Gasteiger partial charge on any atom is -0.481 e. The summed E-state index contributed by atoms with van der Waals surface area (Å²) in [6, 6.07) is -1.42. The maximum atomic E-state index is 12.3. The Morgan fingerprint density at radius 3 is 2.12 bits per heavy atom. The standard InChI is InChI=1S/C16H27F2NO6/c1-9(2)6-10(13(21)22)7-12(20)11(8-24-14(17)18)19-15(23)25-16(3,4)5/h9-11,14H,6-8H2,1-5H3,(H,19,23)(H,21,22)/t10-,11+/m1/s1. The summed E-state index contributed by atoms with van der Waals surface area (Å²) in [5.41, 5.74) is -0.845. The maximum Gasteiger partial charge on any atom is 0.408 e. The average Bonchev–Trinajstić information content (AvgIpc) is 2.39. The van der Waals surface area contributed by atoms with Crippen LogP contribution in [0.1, 0.15) is 47.5 Å². The zero-order valence-electron chi connectivity index (χ0n) is 15.2. The number of carboxylic acid groups (broad SMARTS) is 1. The first kappa shape index (κ1) is 23.2. The van der Waals surface area contributed by atoms with Gasteiger partial charge in [0.15, 0.2) is 5.78 Å². The molecule has 0 saturated carbocycles. The summed E-state index contributed by atoms with van der Waals surface area (Å²) < 4.78 is 33.6. The van der Waals surface area contributed by atoms with Crippen molar-refractivity contribution >= 4 is 17.8 Å². The van der Waals surface area contributed by atoms with Crippen molar-refractivity contribution in [1.29, 1.82) is 0 Å². The number of rotatable bonds is 10. The highest BCUT2D eigenvalue weighted by molar-refractivity contribution is 5.90. The van der Waals surface area contributed by atoms with Crippen LogP contribution in [0.2, 0.25) is 0 Å². The molecule has 0 saturated heterocycles. The van der Waals surface area contributed by atoms with Gasteiger partial charge in [-0.2, -0.15) is 8.78 Å². The summed E-state index contributed by atoms with van der Waals surface area (Å²) in [5.74, 6) is -2.81. The molecule has 0 bridgehead atoms. The molecule has 25 heavy (non-hydrogen) atoms. The molecule has 146 valence electrons. The molecular weight excluding hydrogens is 340 g/mol. The van der Waals surface area contributed by atoms with Crippen molar-refractivity contribution < 1.29 is 37.7 Å². The zero-order valence-corrected chi connectivity index (χ0v) is 15.2. The average molecular weight is 367 g/mol. The number of carbonyl (C=O) groups is 3. The van der Waals surface area contributed by atoms with Gasteiger partial charge < -0.3 is 19.9 Å². The predicted octanol–water partition coefficient (Wildman–Crippen LogP) is 2.83. The maximum absolute atomic E-state index is 12.3. The van der Waals surface area contributed by atoms with Gasteiger partial charge in [0.25, 0.3) is 0 Å². The number of ketones is 1. The molecule has 0 aromatic rings. The lowest BCUT2D eigenvalue weighted by atomic mass is 9.91. The monoisotopic (exact) mass is 367 g/mol. The molecule has 0 rings (SSSR count). The molecule has 0 unspecified atom stereocenters. The first-order chi connectivity index (χ1) is 11.3. The highest BCUT2D eigenvalue weighted by Crippen LogP contribution is 2.17. The SMILES string of the molecule is CC(C)C[C@H](CC(=O)[C@H](COC(F)F)NC(=O)OC(C)(C)C)C(=O)O. The van der Waals surface area contributed by atoms with Crippen LogP contribution in [0.15, 0.2) is 0 Å². The smallest absolute Gasteiger partial charge is 0.408 e. The van der Waals surface area contributed by atoms with Crippen molar-refractivity contribution in [3.8, 4) is 0 Å². The lowest BCUT2D eigenvalue weighted by Gasteiger charge is -2.24. The summed E-state index contributed by atoms with van der Waals surface area (Å²) in [5, 5.41) is 11.4. The molecule has 1 amide bonds. The van der Waals surface area contributed by atoms with E-state index in [1.807, 2.05) is 0 Å². The van der Waals surface area contributed by atoms with Crippen LogP contribution in [-0.4, -0.2) is 47.8 Å². The molecule has 0 aliphatic carbocycles. The van der Waals surface area contributed by atoms with Crippen LogP contribution in [0.4, 0.5) is 13.6 Å². The molecule has 0 aromatic heterocycles. The third-order valence-corrected chi connectivity index (χ3v) is 3.02. The number of aliphatic carboxylic acids is 1. The molecule has 0 fully saturated rings. The van der Waals surface area contributed by atoms with Gasteiger partial charge in [-0.05, 0) is 33.1 Å². The Labute approximate surface area is 146 Å². The second-order valence-corrected chi connectivity index (χ2v) is 7.13. The van der Waals surface area contributed by atoms with Crippen molar-refractivity contribution in [1.82, 2.24) is 5.32 Å². The lowest BCUT2D eigenvalue weighted by molar-refractivity contribution is -0.148. The van der Waals surface area contributed by atoms with Gasteiger partial charge >= 0.3 is 18.7 Å². The molecule has 2 N–H and O–H groups in total. The number of halogens is 2. The highest BCUT2D eigenvalue weighted by atomic mass is 19.3. The van der Waals surface area contributed by atoms with Gasteiger partial charge in [0.05, 0.1) is 12.5 Å². The Hall–Kier alpha value is -1.77. The number of carboxylic acids is 1. The van der Waals surface area contributed by atoms with Crippen molar-refractivity contribution in [2.75, 3.05) is 6.61 Å². The summed E-state index contributed by atoms with van der Waals surface area (Å²) in [6.45, 7) is 4.51. The molecule has 0 aliphatic heterocycles. The Balaban J connectivity index is 5.01. The topological polar surface area (TPSA) is 102 Å².